The van der Waals surface area contributed by atoms with Crippen molar-refractivity contribution in [1.29, 1.82) is 0 Å². The summed E-state index contributed by atoms with van der Waals surface area (Å²) in [6, 6.07) is 1.19. The van der Waals surface area contributed by atoms with Crippen LogP contribution in [-0.2, 0) is 16.6 Å². The Balaban J connectivity index is 2.63. The standard InChI is InChI=1S/C9H10FN5O2S/c1-2-15-8(6-3-7(10)5-12-4-6)13-14-9(15)18(11,16)17/h3-5H,2H2,1H3,(H2,11,16,17). The quantitative estimate of drug-likeness (QED) is 0.855. The first-order valence-electron chi connectivity index (χ1n) is 5.00. The lowest BCUT2D eigenvalue weighted by Crippen LogP contribution is -2.18. The molecule has 0 aliphatic heterocycles. The lowest BCUT2D eigenvalue weighted by Gasteiger charge is -2.05. The van der Waals surface area contributed by atoms with Crippen LogP contribution in [0.4, 0.5) is 4.39 Å². The van der Waals surface area contributed by atoms with Gasteiger partial charge in [-0.05, 0) is 13.0 Å². The summed E-state index contributed by atoms with van der Waals surface area (Å²) < 4.78 is 36.9. The maximum Gasteiger partial charge on any atom is 0.273 e. The van der Waals surface area contributed by atoms with E-state index in [4.69, 9.17) is 5.14 Å². The highest BCUT2D eigenvalue weighted by Gasteiger charge is 2.21. The molecule has 2 N–H and O–H groups in total. The molecule has 0 unspecified atom stereocenters. The van der Waals surface area contributed by atoms with E-state index < -0.39 is 15.8 Å². The zero-order valence-electron chi connectivity index (χ0n) is 9.41. The highest BCUT2D eigenvalue weighted by molar-refractivity contribution is 7.89. The maximum atomic E-state index is 13.1. The molecule has 96 valence electrons. The molecule has 0 aliphatic carbocycles. The predicted molar refractivity (Wildman–Crippen MR) is 60.3 cm³/mol. The minimum Gasteiger partial charge on any atom is -0.297 e. The van der Waals surface area contributed by atoms with Gasteiger partial charge in [-0.3, -0.25) is 9.55 Å². The van der Waals surface area contributed by atoms with Crippen LogP contribution >= 0.6 is 0 Å². The van der Waals surface area contributed by atoms with E-state index in [9.17, 15) is 12.8 Å². The van der Waals surface area contributed by atoms with Crippen molar-refractivity contribution in [2.45, 2.75) is 18.6 Å². The molecule has 7 nitrogen and oxygen atoms in total. The summed E-state index contributed by atoms with van der Waals surface area (Å²) in [5.74, 6) is -0.344. The number of halogens is 1. The molecule has 0 fully saturated rings. The third-order valence-corrected chi connectivity index (χ3v) is 3.06. The van der Waals surface area contributed by atoms with Crippen LogP contribution in [0.2, 0.25) is 0 Å². The molecule has 0 aromatic carbocycles. The molecule has 0 radical (unpaired) electrons. The van der Waals surface area contributed by atoms with Crippen molar-refractivity contribution < 1.29 is 12.8 Å². The minimum atomic E-state index is -3.97. The van der Waals surface area contributed by atoms with Crippen LogP contribution in [-0.4, -0.2) is 28.2 Å². The van der Waals surface area contributed by atoms with Gasteiger partial charge in [0.2, 0.25) is 0 Å². The SMILES string of the molecule is CCn1c(-c2cncc(F)c2)nnc1S(N)(=O)=O. The molecule has 0 aliphatic rings. The molecule has 2 aromatic heterocycles. The Hall–Kier alpha value is -1.87. The maximum absolute atomic E-state index is 13.1. The van der Waals surface area contributed by atoms with Gasteiger partial charge in [0.15, 0.2) is 5.82 Å². The lowest BCUT2D eigenvalue weighted by molar-refractivity contribution is 0.570. The molecule has 9 heteroatoms. The van der Waals surface area contributed by atoms with Crippen molar-refractivity contribution in [2.75, 3.05) is 0 Å². The number of hydrogen-bond acceptors (Lipinski definition) is 5. The van der Waals surface area contributed by atoms with Crippen molar-refractivity contribution in [2.24, 2.45) is 5.14 Å². The van der Waals surface area contributed by atoms with Crippen molar-refractivity contribution in [3.8, 4) is 11.4 Å². The van der Waals surface area contributed by atoms with Gasteiger partial charge in [0.25, 0.3) is 15.2 Å². The highest BCUT2D eigenvalue weighted by atomic mass is 32.2. The Morgan fingerprint density at radius 1 is 1.39 bits per heavy atom. The number of aromatic nitrogens is 4. The second kappa shape index (κ2) is 4.42. The monoisotopic (exact) mass is 271 g/mol. The van der Waals surface area contributed by atoms with Crippen LogP contribution in [0, 0.1) is 5.82 Å². The third-order valence-electron chi connectivity index (χ3n) is 2.25. The number of nitrogens with zero attached hydrogens (tertiary/aromatic N) is 4. The van der Waals surface area contributed by atoms with E-state index in [1.165, 1.54) is 16.8 Å². The largest absolute Gasteiger partial charge is 0.297 e. The van der Waals surface area contributed by atoms with Crippen LogP contribution in [0.15, 0.2) is 23.6 Å². The van der Waals surface area contributed by atoms with Gasteiger partial charge in [-0.25, -0.2) is 17.9 Å². The van der Waals surface area contributed by atoms with Gasteiger partial charge < -0.3 is 0 Å². The first kappa shape index (κ1) is 12.6. The summed E-state index contributed by atoms with van der Waals surface area (Å²) in [5, 5.41) is 11.9. The van der Waals surface area contributed by atoms with E-state index in [0.717, 1.165) is 6.20 Å². The van der Waals surface area contributed by atoms with E-state index in [1.807, 2.05) is 0 Å². The smallest absolute Gasteiger partial charge is 0.273 e. The summed E-state index contributed by atoms with van der Waals surface area (Å²) in [4.78, 5) is 3.67. The number of sulfonamides is 1. The van der Waals surface area contributed by atoms with Crippen LogP contribution in [0.25, 0.3) is 11.4 Å². The summed E-state index contributed by atoms with van der Waals surface area (Å²) in [6.07, 6.45) is 2.41. The molecule has 2 rings (SSSR count). The Morgan fingerprint density at radius 2 is 2.11 bits per heavy atom. The number of nitrogens with two attached hydrogens (primary N) is 1. The highest BCUT2D eigenvalue weighted by Crippen LogP contribution is 2.19. The average molecular weight is 271 g/mol. The van der Waals surface area contributed by atoms with Gasteiger partial charge in [0.05, 0.1) is 6.20 Å². The van der Waals surface area contributed by atoms with Gasteiger partial charge in [0.1, 0.15) is 5.82 Å². The topological polar surface area (TPSA) is 104 Å². The Bertz CT molecular complexity index is 682. The Labute approximate surface area is 103 Å². The molecular formula is C9H10FN5O2S. The van der Waals surface area contributed by atoms with Crippen molar-refractivity contribution in [3.63, 3.8) is 0 Å². The summed E-state index contributed by atoms with van der Waals surface area (Å²) in [6.45, 7) is 1.98. The van der Waals surface area contributed by atoms with E-state index >= 15 is 0 Å². The lowest BCUT2D eigenvalue weighted by atomic mass is 10.2. The van der Waals surface area contributed by atoms with Crippen LogP contribution in [0.5, 0.6) is 0 Å². The third kappa shape index (κ3) is 2.22. The first-order valence-corrected chi connectivity index (χ1v) is 6.55. The number of primary sulfonamides is 1. The van der Waals surface area contributed by atoms with Crippen molar-refractivity contribution in [1.82, 2.24) is 19.7 Å². The minimum absolute atomic E-state index is 0.202. The summed E-state index contributed by atoms with van der Waals surface area (Å²) in [7, 11) is -3.97. The molecule has 18 heavy (non-hydrogen) atoms. The number of rotatable bonds is 3. The second-order valence-electron chi connectivity index (χ2n) is 3.49. The van der Waals surface area contributed by atoms with E-state index in [0.29, 0.717) is 5.56 Å². The van der Waals surface area contributed by atoms with Crippen LogP contribution in [0.3, 0.4) is 0 Å². The fourth-order valence-electron chi connectivity index (χ4n) is 1.53. The van der Waals surface area contributed by atoms with Crippen LogP contribution < -0.4 is 5.14 Å². The predicted octanol–water partition coefficient (Wildman–Crippen LogP) is 0.146. The molecule has 0 atom stereocenters. The van der Waals surface area contributed by atoms with Gasteiger partial charge >= 0.3 is 0 Å². The van der Waals surface area contributed by atoms with Gasteiger partial charge in [-0.1, -0.05) is 0 Å². The summed E-state index contributed by atoms with van der Waals surface area (Å²) >= 11 is 0. The van der Waals surface area contributed by atoms with Gasteiger partial charge in [0, 0.05) is 18.3 Å². The number of pyridine rings is 1. The van der Waals surface area contributed by atoms with E-state index in [2.05, 4.69) is 15.2 Å². The average Bonchev–Trinajstić information content (AvgIpc) is 2.72. The molecule has 2 aromatic rings. The van der Waals surface area contributed by atoms with E-state index in [-0.39, 0.29) is 17.5 Å². The molecule has 0 spiro atoms. The Morgan fingerprint density at radius 3 is 2.67 bits per heavy atom. The fourth-order valence-corrected chi connectivity index (χ4v) is 2.21. The molecule has 2 heterocycles. The zero-order valence-corrected chi connectivity index (χ0v) is 10.2. The van der Waals surface area contributed by atoms with Crippen LogP contribution in [0.1, 0.15) is 6.92 Å². The molecule has 0 amide bonds. The van der Waals surface area contributed by atoms with Crippen molar-refractivity contribution in [3.05, 3.63) is 24.3 Å². The number of hydrogen-bond donors (Lipinski definition) is 1. The van der Waals surface area contributed by atoms with Gasteiger partial charge in [-0.2, -0.15) is 0 Å². The second-order valence-corrected chi connectivity index (χ2v) is 4.94. The van der Waals surface area contributed by atoms with Crippen molar-refractivity contribution >= 4 is 10.0 Å². The van der Waals surface area contributed by atoms with E-state index in [1.54, 1.807) is 6.92 Å². The molecule has 0 bridgehead atoms. The molecular weight excluding hydrogens is 261 g/mol. The first-order chi connectivity index (χ1) is 8.43. The summed E-state index contributed by atoms with van der Waals surface area (Å²) in [5.41, 5.74) is 0.333. The normalized spacial score (nSPS) is 11.7. The van der Waals surface area contributed by atoms with Gasteiger partial charge in [-0.15, -0.1) is 10.2 Å². The Kier molecular flexibility index (Phi) is 3.09. The molecule has 0 saturated carbocycles. The molecule has 0 saturated heterocycles. The fraction of sp³-hybridized carbons (Fsp3) is 0.222. The zero-order chi connectivity index (χ0) is 13.3.